The highest BCUT2D eigenvalue weighted by atomic mass is 16.2. The largest absolute Gasteiger partial charge is 0.340 e. The van der Waals surface area contributed by atoms with Crippen LogP contribution in [0.1, 0.15) is 54.1 Å². The van der Waals surface area contributed by atoms with E-state index in [-0.39, 0.29) is 5.91 Å². The molecule has 1 aromatic rings. The molecule has 0 aromatic carbocycles. The summed E-state index contributed by atoms with van der Waals surface area (Å²) in [6.45, 7) is 1.52. The third-order valence-electron chi connectivity index (χ3n) is 4.12. The van der Waals surface area contributed by atoms with Crippen molar-refractivity contribution in [3.05, 3.63) is 17.5 Å². The molecule has 0 aliphatic heterocycles. The lowest BCUT2D eigenvalue weighted by atomic mass is 9.85. The van der Waals surface area contributed by atoms with Gasteiger partial charge >= 0.3 is 0 Å². The Morgan fingerprint density at radius 1 is 1.45 bits per heavy atom. The molecule has 1 saturated carbocycles. The van der Waals surface area contributed by atoms with E-state index in [9.17, 15) is 4.79 Å². The van der Waals surface area contributed by atoms with Crippen LogP contribution in [-0.4, -0.2) is 47.8 Å². The number of rotatable bonds is 5. The quantitative estimate of drug-likeness (QED) is 0.893. The number of hydrogen-bond donors (Lipinski definition) is 1. The molecule has 0 atom stereocenters. The molecule has 5 heteroatoms. The van der Waals surface area contributed by atoms with Gasteiger partial charge in [0.15, 0.2) is 0 Å². The number of amides is 1. The molecule has 0 bridgehead atoms. The molecule has 112 valence electrons. The van der Waals surface area contributed by atoms with Gasteiger partial charge in [-0.1, -0.05) is 19.3 Å². The molecular formula is C15H26N4O. The second kappa shape index (κ2) is 6.88. The van der Waals surface area contributed by atoms with Gasteiger partial charge in [0.25, 0.3) is 5.91 Å². The highest BCUT2D eigenvalue weighted by molar-refractivity contribution is 5.95. The molecule has 1 N–H and O–H groups in total. The number of carbonyl (C=O) groups excluding carboxylic acids is 1. The minimum atomic E-state index is 0.0916. The summed E-state index contributed by atoms with van der Waals surface area (Å²) in [6.07, 6.45) is 8.03. The van der Waals surface area contributed by atoms with Gasteiger partial charge in [-0.2, -0.15) is 5.10 Å². The van der Waals surface area contributed by atoms with E-state index in [2.05, 4.69) is 10.4 Å². The van der Waals surface area contributed by atoms with Crippen LogP contribution in [0.5, 0.6) is 0 Å². The van der Waals surface area contributed by atoms with Crippen LogP contribution in [0.2, 0.25) is 0 Å². The zero-order valence-electron chi connectivity index (χ0n) is 12.9. The summed E-state index contributed by atoms with van der Waals surface area (Å²) in [4.78, 5) is 14.3. The predicted octanol–water partition coefficient (Wildman–Crippen LogP) is 1.76. The Hall–Kier alpha value is -1.36. The van der Waals surface area contributed by atoms with Crippen molar-refractivity contribution in [3.8, 4) is 0 Å². The predicted molar refractivity (Wildman–Crippen MR) is 79.9 cm³/mol. The van der Waals surface area contributed by atoms with Crippen molar-refractivity contribution < 1.29 is 4.79 Å². The van der Waals surface area contributed by atoms with Crippen LogP contribution in [-0.2, 0) is 7.05 Å². The monoisotopic (exact) mass is 278 g/mol. The Morgan fingerprint density at radius 3 is 2.80 bits per heavy atom. The van der Waals surface area contributed by atoms with Gasteiger partial charge in [-0.3, -0.25) is 9.48 Å². The molecule has 1 aliphatic carbocycles. The highest BCUT2D eigenvalue weighted by Crippen LogP contribution is 2.33. The van der Waals surface area contributed by atoms with Gasteiger partial charge in [-0.25, -0.2) is 0 Å². The number of likely N-dealkylation sites (N-methyl/N-ethyl adjacent to an activating group) is 2. The summed E-state index contributed by atoms with van der Waals surface area (Å²) in [5.74, 6) is 0.551. The number of nitrogens with one attached hydrogen (secondary N) is 1. The average Bonchev–Trinajstić information content (AvgIpc) is 2.86. The second-order valence-electron chi connectivity index (χ2n) is 5.77. The van der Waals surface area contributed by atoms with Crippen LogP contribution < -0.4 is 5.32 Å². The van der Waals surface area contributed by atoms with Crippen LogP contribution in [0.3, 0.4) is 0 Å². The summed E-state index contributed by atoms with van der Waals surface area (Å²) < 4.78 is 1.78. The fourth-order valence-corrected chi connectivity index (χ4v) is 2.93. The van der Waals surface area contributed by atoms with Crippen molar-refractivity contribution in [2.75, 3.05) is 27.2 Å². The van der Waals surface area contributed by atoms with Crippen molar-refractivity contribution in [2.24, 2.45) is 7.05 Å². The third kappa shape index (κ3) is 3.39. The molecule has 0 unspecified atom stereocenters. The van der Waals surface area contributed by atoms with Crippen molar-refractivity contribution in [1.82, 2.24) is 20.0 Å². The zero-order valence-corrected chi connectivity index (χ0v) is 12.9. The Balaban J connectivity index is 2.15. The fourth-order valence-electron chi connectivity index (χ4n) is 2.93. The summed E-state index contributed by atoms with van der Waals surface area (Å²) in [6, 6.07) is 0. The maximum absolute atomic E-state index is 12.6. The molecule has 1 heterocycles. The Morgan fingerprint density at radius 2 is 2.15 bits per heavy atom. The average molecular weight is 278 g/mol. The van der Waals surface area contributed by atoms with E-state index in [4.69, 9.17) is 0 Å². The van der Waals surface area contributed by atoms with E-state index in [0.717, 1.165) is 30.6 Å². The lowest BCUT2D eigenvalue weighted by molar-refractivity contribution is 0.0795. The fraction of sp³-hybridized carbons (Fsp3) is 0.733. The topological polar surface area (TPSA) is 50.2 Å². The van der Waals surface area contributed by atoms with Gasteiger partial charge < -0.3 is 10.2 Å². The molecule has 1 aromatic heterocycles. The molecular weight excluding hydrogens is 252 g/mol. The smallest absolute Gasteiger partial charge is 0.257 e. The molecule has 2 rings (SSSR count). The van der Waals surface area contributed by atoms with Crippen molar-refractivity contribution in [2.45, 2.75) is 38.0 Å². The second-order valence-corrected chi connectivity index (χ2v) is 5.77. The van der Waals surface area contributed by atoms with E-state index in [1.54, 1.807) is 9.58 Å². The SMILES string of the molecule is CNCCN(C)C(=O)c1cn(C)nc1C1CCCCC1. The van der Waals surface area contributed by atoms with Crippen molar-refractivity contribution in [1.29, 1.82) is 0 Å². The lowest BCUT2D eigenvalue weighted by Gasteiger charge is -2.22. The first kappa shape index (κ1) is 15.0. The summed E-state index contributed by atoms with van der Waals surface area (Å²) >= 11 is 0. The standard InChI is InChI=1S/C15H26N4O/c1-16-9-10-18(2)15(20)13-11-19(3)17-14(13)12-7-5-4-6-8-12/h11-12,16H,4-10H2,1-3H3. The lowest BCUT2D eigenvalue weighted by Crippen LogP contribution is -2.33. The number of nitrogens with zero attached hydrogens (tertiary/aromatic N) is 3. The Kier molecular flexibility index (Phi) is 5.17. The zero-order chi connectivity index (χ0) is 14.5. The van der Waals surface area contributed by atoms with Crippen LogP contribution in [0.15, 0.2) is 6.20 Å². The maximum Gasteiger partial charge on any atom is 0.257 e. The van der Waals surface area contributed by atoms with E-state index in [1.807, 2.05) is 27.3 Å². The Bertz CT molecular complexity index is 449. The summed E-state index contributed by atoms with van der Waals surface area (Å²) in [7, 11) is 5.66. The van der Waals surface area contributed by atoms with Gasteiger partial charge in [0.1, 0.15) is 0 Å². The first-order valence-electron chi connectivity index (χ1n) is 7.57. The van der Waals surface area contributed by atoms with Crippen LogP contribution in [0.25, 0.3) is 0 Å². The van der Waals surface area contributed by atoms with E-state index < -0.39 is 0 Å². The normalized spacial score (nSPS) is 16.4. The van der Waals surface area contributed by atoms with Gasteiger partial charge in [0.2, 0.25) is 0 Å². The molecule has 5 nitrogen and oxygen atoms in total. The van der Waals surface area contributed by atoms with Crippen LogP contribution in [0.4, 0.5) is 0 Å². The molecule has 0 saturated heterocycles. The minimum Gasteiger partial charge on any atom is -0.340 e. The number of hydrogen-bond acceptors (Lipinski definition) is 3. The maximum atomic E-state index is 12.6. The Labute approximate surface area is 121 Å². The van der Waals surface area contributed by atoms with Crippen molar-refractivity contribution in [3.63, 3.8) is 0 Å². The first-order valence-corrected chi connectivity index (χ1v) is 7.57. The van der Waals surface area contributed by atoms with Gasteiger partial charge in [-0.05, 0) is 19.9 Å². The summed E-state index contributed by atoms with van der Waals surface area (Å²) in [5, 5.41) is 7.65. The van der Waals surface area contributed by atoms with Gasteiger partial charge in [-0.15, -0.1) is 0 Å². The van der Waals surface area contributed by atoms with Crippen LogP contribution >= 0.6 is 0 Å². The van der Waals surface area contributed by atoms with E-state index >= 15 is 0 Å². The molecule has 20 heavy (non-hydrogen) atoms. The third-order valence-corrected chi connectivity index (χ3v) is 4.12. The minimum absolute atomic E-state index is 0.0916. The molecule has 1 aliphatic rings. The number of aromatic nitrogens is 2. The van der Waals surface area contributed by atoms with Gasteiger partial charge in [0.05, 0.1) is 11.3 Å². The van der Waals surface area contributed by atoms with Gasteiger partial charge in [0, 0.05) is 39.3 Å². The molecule has 0 radical (unpaired) electrons. The van der Waals surface area contributed by atoms with Crippen molar-refractivity contribution >= 4 is 5.91 Å². The molecule has 1 fully saturated rings. The first-order chi connectivity index (χ1) is 9.63. The highest BCUT2D eigenvalue weighted by Gasteiger charge is 2.26. The molecule has 0 spiro atoms. The van der Waals surface area contributed by atoms with E-state index in [0.29, 0.717) is 12.5 Å². The van der Waals surface area contributed by atoms with Crippen LogP contribution in [0, 0.1) is 0 Å². The van der Waals surface area contributed by atoms with E-state index in [1.165, 1.54) is 19.3 Å². The number of carbonyl (C=O) groups is 1. The summed E-state index contributed by atoms with van der Waals surface area (Å²) in [5.41, 5.74) is 1.80. The molecule has 1 amide bonds. The number of aryl methyl sites for hydroxylation is 1.